The van der Waals surface area contributed by atoms with Gasteiger partial charge in [-0.25, -0.2) is 9.97 Å². The smallest absolute Gasteiger partial charge is 0.276 e. The highest BCUT2D eigenvalue weighted by Crippen LogP contribution is 2.33. The van der Waals surface area contributed by atoms with Crippen molar-refractivity contribution < 1.29 is 9.21 Å². The standard InChI is InChI=1S/C16H18N4O3/c1-8-17-13-6-11-4-3-10(5-12(13)15(21)18-8)20(11)16(22)14-7-23-9(2)19-14/h7,10-11H,3-6H2,1-2H3,(H,17,18,21)/t10-,11+/m1/s1. The molecule has 0 aromatic carbocycles. The minimum atomic E-state index is -0.115. The van der Waals surface area contributed by atoms with Crippen LogP contribution in [0.1, 0.15) is 46.3 Å². The van der Waals surface area contributed by atoms with Crippen LogP contribution in [0.25, 0.3) is 0 Å². The molecule has 4 heterocycles. The number of fused-ring (bicyclic) bond motifs is 3. The summed E-state index contributed by atoms with van der Waals surface area (Å²) in [5.41, 5.74) is 1.80. The maximum absolute atomic E-state index is 12.8. The lowest BCUT2D eigenvalue weighted by molar-refractivity contribution is 0.0667. The van der Waals surface area contributed by atoms with E-state index in [-0.39, 0.29) is 23.6 Å². The van der Waals surface area contributed by atoms with Crippen molar-refractivity contribution in [1.82, 2.24) is 19.9 Å². The molecule has 23 heavy (non-hydrogen) atoms. The number of H-pyrrole nitrogens is 1. The monoisotopic (exact) mass is 314 g/mol. The van der Waals surface area contributed by atoms with E-state index in [1.54, 1.807) is 13.8 Å². The van der Waals surface area contributed by atoms with Gasteiger partial charge >= 0.3 is 0 Å². The van der Waals surface area contributed by atoms with Crippen molar-refractivity contribution in [3.63, 3.8) is 0 Å². The first kappa shape index (κ1) is 14.2. The van der Waals surface area contributed by atoms with Crippen LogP contribution < -0.4 is 5.56 Å². The molecule has 7 nitrogen and oxygen atoms in total. The van der Waals surface area contributed by atoms with E-state index in [1.807, 2.05) is 4.90 Å². The van der Waals surface area contributed by atoms with Crippen molar-refractivity contribution in [3.8, 4) is 0 Å². The molecule has 2 aromatic rings. The topological polar surface area (TPSA) is 92.1 Å². The molecule has 0 aliphatic carbocycles. The third-order valence-electron chi connectivity index (χ3n) is 4.78. The Balaban J connectivity index is 1.72. The molecular formula is C16H18N4O3. The van der Waals surface area contributed by atoms with Crippen LogP contribution in [-0.2, 0) is 12.8 Å². The number of aromatic nitrogens is 3. The number of oxazole rings is 1. The Hall–Kier alpha value is -2.44. The van der Waals surface area contributed by atoms with Gasteiger partial charge in [0.15, 0.2) is 11.6 Å². The number of hydrogen-bond donors (Lipinski definition) is 1. The first-order valence-electron chi connectivity index (χ1n) is 7.86. The van der Waals surface area contributed by atoms with Gasteiger partial charge in [-0.3, -0.25) is 9.59 Å². The van der Waals surface area contributed by atoms with Crippen LogP contribution >= 0.6 is 0 Å². The van der Waals surface area contributed by atoms with Gasteiger partial charge < -0.3 is 14.3 Å². The normalized spacial score (nSPS) is 22.8. The van der Waals surface area contributed by atoms with Crippen molar-refractivity contribution in [3.05, 3.63) is 45.3 Å². The Labute approximate surface area is 132 Å². The Bertz CT molecular complexity index is 838. The Morgan fingerprint density at radius 1 is 1.26 bits per heavy atom. The summed E-state index contributed by atoms with van der Waals surface area (Å²) in [6.07, 6.45) is 4.42. The van der Waals surface area contributed by atoms with Crippen LogP contribution in [-0.4, -0.2) is 37.8 Å². The molecule has 2 bridgehead atoms. The van der Waals surface area contributed by atoms with E-state index < -0.39 is 0 Å². The van der Waals surface area contributed by atoms with Crippen molar-refractivity contribution in [1.29, 1.82) is 0 Å². The fourth-order valence-corrected chi connectivity index (χ4v) is 3.79. The van der Waals surface area contributed by atoms with E-state index in [2.05, 4.69) is 15.0 Å². The summed E-state index contributed by atoms with van der Waals surface area (Å²) in [6.45, 7) is 3.50. The fourth-order valence-electron chi connectivity index (χ4n) is 3.79. The highest BCUT2D eigenvalue weighted by Gasteiger charge is 2.41. The van der Waals surface area contributed by atoms with Crippen molar-refractivity contribution in [2.75, 3.05) is 0 Å². The molecule has 0 radical (unpaired) electrons. The van der Waals surface area contributed by atoms with Crippen molar-refractivity contribution in [2.45, 2.75) is 51.6 Å². The molecular weight excluding hydrogens is 296 g/mol. The van der Waals surface area contributed by atoms with E-state index in [9.17, 15) is 9.59 Å². The Morgan fingerprint density at radius 2 is 2.00 bits per heavy atom. The average Bonchev–Trinajstić information content (AvgIpc) is 3.03. The molecule has 0 unspecified atom stereocenters. The van der Waals surface area contributed by atoms with Gasteiger partial charge in [-0.05, 0) is 19.8 Å². The van der Waals surface area contributed by atoms with Gasteiger partial charge in [0.25, 0.3) is 11.5 Å². The molecule has 0 spiro atoms. The molecule has 2 aliphatic rings. The summed E-state index contributed by atoms with van der Waals surface area (Å²) in [5.74, 6) is 0.986. The number of aryl methyl sites for hydroxylation is 2. The minimum Gasteiger partial charge on any atom is -0.448 e. The quantitative estimate of drug-likeness (QED) is 0.852. The van der Waals surface area contributed by atoms with Gasteiger partial charge in [0, 0.05) is 37.4 Å². The zero-order valence-corrected chi connectivity index (χ0v) is 13.1. The Kier molecular flexibility index (Phi) is 3.11. The first-order valence-corrected chi connectivity index (χ1v) is 7.86. The summed E-state index contributed by atoms with van der Waals surface area (Å²) in [4.78, 5) is 38.4. The molecule has 120 valence electrons. The second-order valence-corrected chi connectivity index (χ2v) is 6.33. The fraction of sp³-hybridized carbons (Fsp3) is 0.500. The van der Waals surface area contributed by atoms with Gasteiger partial charge in [-0.15, -0.1) is 0 Å². The van der Waals surface area contributed by atoms with Gasteiger partial charge in [0.1, 0.15) is 12.1 Å². The van der Waals surface area contributed by atoms with Crippen LogP contribution in [0.5, 0.6) is 0 Å². The molecule has 7 heteroatoms. The van der Waals surface area contributed by atoms with E-state index in [1.165, 1.54) is 6.26 Å². The summed E-state index contributed by atoms with van der Waals surface area (Å²) in [5, 5.41) is 0. The maximum Gasteiger partial charge on any atom is 0.276 e. The number of hydrogen-bond acceptors (Lipinski definition) is 5. The molecule has 2 aromatic heterocycles. The molecule has 4 rings (SSSR count). The van der Waals surface area contributed by atoms with Crippen molar-refractivity contribution in [2.24, 2.45) is 0 Å². The van der Waals surface area contributed by atoms with Crippen LogP contribution in [0, 0.1) is 13.8 Å². The van der Waals surface area contributed by atoms with Gasteiger partial charge in [0.2, 0.25) is 0 Å². The maximum atomic E-state index is 12.8. The van der Waals surface area contributed by atoms with E-state index in [0.717, 1.165) is 24.1 Å². The highest BCUT2D eigenvalue weighted by molar-refractivity contribution is 5.92. The number of carbonyl (C=O) groups is 1. The van der Waals surface area contributed by atoms with E-state index in [4.69, 9.17) is 4.42 Å². The zero-order chi connectivity index (χ0) is 16.1. The number of nitrogens with one attached hydrogen (secondary N) is 1. The first-order chi connectivity index (χ1) is 11.0. The van der Waals surface area contributed by atoms with Gasteiger partial charge in [0.05, 0.1) is 5.69 Å². The number of aromatic amines is 1. The second-order valence-electron chi connectivity index (χ2n) is 6.33. The van der Waals surface area contributed by atoms with Gasteiger partial charge in [-0.1, -0.05) is 0 Å². The number of nitrogens with zero attached hydrogens (tertiary/aromatic N) is 3. The van der Waals surface area contributed by atoms with E-state index in [0.29, 0.717) is 30.3 Å². The Morgan fingerprint density at radius 3 is 2.70 bits per heavy atom. The predicted octanol–water partition coefficient (Wildman–Crippen LogP) is 1.15. The molecule has 1 fully saturated rings. The summed E-state index contributed by atoms with van der Waals surface area (Å²) < 4.78 is 5.17. The minimum absolute atomic E-state index is 0.0244. The molecule has 2 aliphatic heterocycles. The lowest BCUT2D eigenvalue weighted by Gasteiger charge is -2.27. The molecule has 0 saturated carbocycles. The number of rotatable bonds is 1. The number of amides is 1. The summed E-state index contributed by atoms with van der Waals surface area (Å²) in [6, 6.07) is 0.0934. The molecule has 1 saturated heterocycles. The molecule has 1 N–H and O–H groups in total. The third-order valence-corrected chi connectivity index (χ3v) is 4.78. The molecule has 2 atom stereocenters. The molecule has 1 amide bonds. The third kappa shape index (κ3) is 2.27. The van der Waals surface area contributed by atoms with Crippen LogP contribution in [0.3, 0.4) is 0 Å². The lowest BCUT2D eigenvalue weighted by Crippen LogP contribution is -2.42. The summed E-state index contributed by atoms with van der Waals surface area (Å²) in [7, 11) is 0. The summed E-state index contributed by atoms with van der Waals surface area (Å²) >= 11 is 0. The van der Waals surface area contributed by atoms with Gasteiger partial charge in [-0.2, -0.15) is 0 Å². The average molecular weight is 314 g/mol. The number of carbonyl (C=O) groups excluding carboxylic acids is 1. The van der Waals surface area contributed by atoms with Crippen molar-refractivity contribution >= 4 is 5.91 Å². The van der Waals surface area contributed by atoms with Crippen LogP contribution in [0.4, 0.5) is 0 Å². The lowest BCUT2D eigenvalue weighted by atomic mass is 9.98. The van der Waals surface area contributed by atoms with E-state index >= 15 is 0 Å². The predicted molar refractivity (Wildman–Crippen MR) is 81.2 cm³/mol. The highest BCUT2D eigenvalue weighted by atomic mass is 16.3. The zero-order valence-electron chi connectivity index (χ0n) is 13.1. The SMILES string of the molecule is Cc1nc2c(c(=O)[nH]1)C[C@H]1CC[C@@H](C2)N1C(=O)c1coc(C)n1. The van der Waals surface area contributed by atoms with Crippen LogP contribution in [0.2, 0.25) is 0 Å². The van der Waals surface area contributed by atoms with Crippen LogP contribution in [0.15, 0.2) is 15.5 Å². The second kappa shape index (κ2) is 5.04. The largest absolute Gasteiger partial charge is 0.448 e.